The predicted molar refractivity (Wildman–Crippen MR) is 81.3 cm³/mol. The van der Waals surface area contributed by atoms with Crippen LogP contribution in [0.1, 0.15) is 5.56 Å². The fourth-order valence-corrected chi connectivity index (χ4v) is 3.39. The topological polar surface area (TPSA) is 95.1 Å². The maximum atomic E-state index is 12.5. The quantitative estimate of drug-likeness (QED) is 0.774. The average molecular weight is 313 g/mol. The molecule has 2 aromatic carbocycles. The summed E-state index contributed by atoms with van der Waals surface area (Å²) >= 11 is 0. The number of hydrogen-bond donors (Lipinski definition) is 2. The second kappa shape index (κ2) is 5.09. The number of benzene rings is 2. The molecule has 1 heterocycles. The van der Waals surface area contributed by atoms with Crippen LogP contribution in [0.4, 0.5) is 0 Å². The first-order chi connectivity index (χ1) is 10.5. The highest BCUT2D eigenvalue weighted by molar-refractivity contribution is 7.92. The van der Waals surface area contributed by atoms with Gasteiger partial charge in [0, 0.05) is 11.5 Å². The lowest BCUT2D eigenvalue weighted by Crippen LogP contribution is -2.23. The Kier molecular flexibility index (Phi) is 3.23. The number of nitrogens with zero attached hydrogens (tertiary/aromatic N) is 2. The summed E-state index contributed by atoms with van der Waals surface area (Å²) in [4.78, 5) is 2.14. The predicted octanol–water partition coefficient (Wildman–Crippen LogP) is 2.15. The molecule has 0 bridgehead atoms. The van der Waals surface area contributed by atoms with Crippen molar-refractivity contribution in [2.45, 2.75) is 4.90 Å². The highest BCUT2D eigenvalue weighted by Gasteiger charge is 2.20. The van der Waals surface area contributed by atoms with Crippen molar-refractivity contribution in [1.29, 1.82) is 5.26 Å². The monoisotopic (exact) mass is 313 g/mol. The van der Waals surface area contributed by atoms with E-state index in [2.05, 4.69) is 4.83 Å². The standard InChI is InChI=1S/C15H11N3O3S/c16-10-12-6-2-4-8-14(12)22(20,21)17-18-13-7-3-1-5-11(13)9-15(18)19/h1-9,17,19H. The van der Waals surface area contributed by atoms with E-state index < -0.39 is 10.0 Å². The van der Waals surface area contributed by atoms with Gasteiger partial charge in [0.15, 0.2) is 0 Å². The molecule has 7 heteroatoms. The summed E-state index contributed by atoms with van der Waals surface area (Å²) in [6.07, 6.45) is 0. The van der Waals surface area contributed by atoms with Crippen molar-refractivity contribution in [3.63, 3.8) is 0 Å². The van der Waals surface area contributed by atoms with E-state index in [0.29, 0.717) is 10.9 Å². The molecule has 0 radical (unpaired) electrons. The van der Waals surface area contributed by atoms with Gasteiger partial charge in [-0.1, -0.05) is 30.3 Å². The van der Waals surface area contributed by atoms with E-state index in [1.807, 2.05) is 6.07 Å². The molecule has 110 valence electrons. The normalized spacial score (nSPS) is 11.2. The lowest BCUT2D eigenvalue weighted by Gasteiger charge is -2.12. The molecule has 3 aromatic rings. The van der Waals surface area contributed by atoms with Crippen LogP contribution in [0.25, 0.3) is 10.9 Å². The number of nitrogens with one attached hydrogen (secondary N) is 1. The third-order valence-corrected chi connectivity index (χ3v) is 4.56. The van der Waals surface area contributed by atoms with Gasteiger partial charge in [0.25, 0.3) is 10.0 Å². The summed E-state index contributed by atoms with van der Waals surface area (Å²) in [5, 5.41) is 19.7. The van der Waals surface area contributed by atoms with E-state index in [9.17, 15) is 13.5 Å². The Bertz CT molecular complexity index is 1000. The molecule has 0 saturated carbocycles. The van der Waals surface area contributed by atoms with E-state index in [0.717, 1.165) is 4.68 Å². The number of aromatic nitrogens is 1. The molecule has 0 fully saturated rings. The van der Waals surface area contributed by atoms with Gasteiger partial charge in [0.1, 0.15) is 11.0 Å². The molecular formula is C15H11N3O3S. The second-order valence-electron chi connectivity index (χ2n) is 4.60. The highest BCUT2D eigenvalue weighted by Crippen LogP contribution is 2.24. The molecule has 22 heavy (non-hydrogen) atoms. The van der Waals surface area contributed by atoms with Gasteiger partial charge >= 0.3 is 0 Å². The molecule has 6 nitrogen and oxygen atoms in total. The minimum Gasteiger partial charge on any atom is -0.493 e. The minimum atomic E-state index is -4.01. The number of rotatable bonds is 3. The summed E-state index contributed by atoms with van der Waals surface area (Å²) in [5.41, 5.74) is 0.545. The summed E-state index contributed by atoms with van der Waals surface area (Å²) in [6.45, 7) is 0. The molecule has 0 aliphatic rings. The van der Waals surface area contributed by atoms with E-state index in [4.69, 9.17) is 5.26 Å². The molecule has 0 saturated heterocycles. The van der Waals surface area contributed by atoms with Crippen LogP contribution in [0.2, 0.25) is 0 Å². The SMILES string of the molecule is N#Cc1ccccc1S(=O)(=O)Nn1c(O)cc2ccccc21. The van der Waals surface area contributed by atoms with Crippen LogP contribution in [0.5, 0.6) is 5.88 Å². The first-order valence-corrected chi connectivity index (χ1v) is 7.82. The van der Waals surface area contributed by atoms with Crippen LogP contribution >= 0.6 is 0 Å². The third-order valence-electron chi connectivity index (χ3n) is 3.20. The maximum Gasteiger partial charge on any atom is 0.276 e. The highest BCUT2D eigenvalue weighted by atomic mass is 32.2. The molecule has 2 N–H and O–H groups in total. The zero-order valence-electron chi connectivity index (χ0n) is 11.3. The molecule has 1 aromatic heterocycles. The molecule has 3 rings (SSSR count). The van der Waals surface area contributed by atoms with Crippen LogP contribution < -0.4 is 4.83 Å². The van der Waals surface area contributed by atoms with Gasteiger partial charge in [-0.05, 0) is 18.2 Å². The minimum absolute atomic E-state index is 0.0333. The zero-order valence-corrected chi connectivity index (χ0v) is 12.1. The van der Waals surface area contributed by atoms with Crippen molar-refractivity contribution in [3.05, 3.63) is 60.2 Å². The maximum absolute atomic E-state index is 12.5. The Morgan fingerprint density at radius 1 is 1.09 bits per heavy atom. The van der Waals surface area contributed by atoms with E-state index in [-0.39, 0.29) is 16.3 Å². The van der Waals surface area contributed by atoms with Crippen LogP contribution in [0, 0.1) is 11.3 Å². The van der Waals surface area contributed by atoms with E-state index in [1.54, 1.807) is 30.3 Å². The van der Waals surface area contributed by atoms with Crippen LogP contribution in [0.15, 0.2) is 59.5 Å². The summed E-state index contributed by atoms with van der Waals surface area (Å²) in [7, 11) is -4.01. The van der Waals surface area contributed by atoms with Gasteiger partial charge in [-0.25, -0.2) is 9.51 Å². The van der Waals surface area contributed by atoms with Crippen molar-refractivity contribution >= 4 is 20.9 Å². The lowest BCUT2D eigenvalue weighted by atomic mass is 10.2. The third kappa shape index (κ3) is 2.25. The molecule has 0 atom stereocenters. The van der Waals surface area contributed by atoms with Crippen LogP contribution in [-0.4, -0.2) is 18.2 Å². The Morgan fingerprint density at radius 3 is 2.55 bits per heavy atom. The Hall–Kier alpha value is -2.98. The summed E-state index contributed by atoms with van der Waals surface area (Å²) < 4.78 is 26.0. The molecule has 0 aliphatic heterocycles. The molecule has 0 spiro atoms. The smallest absolute Gasteiger partial charge is 0.276 e. The molecular weight excluding hydrogens is 302 g/mol. The number of hydrogen-bond acceptors (Lipinski definition) is 4. The van der Waals surface area contributed by atoms with Crippen LogP contribution in [-0.2, 0) is 10.0 Å². The number of para-hydroxylation sites is 1. The Balaban J connectivity index is 2.12. The van der Waals surface area contributed by atoms with Gasteiger partial charge in [0.2, 0.25) is 5.88 Å². The summed E-state index contributed by atoms with van der Waals surface area (Å²) in [5.74, 6) is -0.237. The van der Waals surface area contributed by atoms with Crippen molar-refractivity contribution in [2.75, 3.05) is 4.83 Å². The molecule has 0 aliphatic carbocycles. The fourth-order valence-electron chi connectivity index (χ4n) is 2.20. The molecule has 0 amide bonds. The van der Waals surface area contributed by atoms with E-state index in [1.165, 1.54) is 24.3 Å². The number of nitriles is 1. The zero-order chi connectivity index (χ0) is 15.7. The number of fused-ring (bicyclic) bond motifs is 1. The molecule has 0 unspecified atom stereocenters. The first kappa shape index (κ1) is 14.0. The average Bonchev–Trinajstić information content (AvgIpc) is 2.83. The van der Waals surface area contributed by atoms with Crippen molar-refractivity contribution in [2.24, 2.45) is 0 Å². The fraction of sp³-hybridized carbons (Fsp3) is 0. The van der Waals surface area contributed by atoms with E-state index >= 15 is 0 Å². The van der Waals surface area contributed by atoms with Gasteiger partial charge in [-0.15, -0.1) is 0 Å². The number of sulfonamides is 1. The Labute approximate surface area is 126 Å². The van der Waals surface area contributed by atoms with Crippen LogP contribution in [0.3, 0.4) is 0 Å². The van der Waals surface area contributed by atoms with Crippen molar-refractivity contribution in [3.8, 4) is 11.9 Å². The van der Waals surface area contributed by atoms with Gasteiger partial charge < -0.3 is 5.11 Å². The van der Waals surface area contributed by atoms with Crippen molar-refractivity contribution in [1.82, 2.24) is 4.68 Å². The largest absolute Gasteiger partial charge is 0.493 e. The lowest BCUT2D eigenvalue weighted by molar-refractivity contribution is 0.439. The van der Waals surface area contributed by atoms with Gasteiger partial charge in [-0.3, -0.25) is 0 Å². The van der Waals surface area contributed by atoms with Gasteiger partial charge in [0.05, 0.1) is 11.1 Å². The first-order valence-electron chi connectivity index (χ1n) is 6.34. The Morgan fingerprint density at radius 2 is 1.77 bits per heavy atom. The second-order valence-corrected chi connectivity index (χ2v) is 6.23. The van der Waals surface area contributed by atoms with Crippen molar-refractivity contribution < 1.29 is 13.5 Å². The summed E-state index contributed by atoms with van der Waals surface area (Å²) in [6, 6.07) is 16.1. The number of aromatic hydroxyl groups is 1. The van der Waals surface area contributed by atoms with Gasteiger partial charge in [-0.2, -0.15) is 13.7 Å².